The van der Waals surface area contributed by atoms with Crippen LogP contribution in [-0.2, 0) is 12.8 Å². The quantitative estimate of drug-likeness (QED) is 0.587. The van der Waals surface area contributed by atoms with Gasteiger partial charge in [0.25, 0.3) is 0 Å². The molecular weight excluding hydrogens is 340 g/mol. The lowest BCUT2D eigenvalue weighted by atomic mass is 9.79. The number of nitrogens with one attached hydrogen (secondary N) is 2. The van der Waals surface area contributed by atoms with Crippen molar-refractivity contribution < 1.29 is 0 Å². The highest BCUT2D eigenvalue weighted by Gasteiger charge is 2.37. The third kappa shape index (κ3) is 6.10. The van der Waals surface area contributed by atoms with Crippen LogP contribution in [0.1, 0.15) is 77.0 Å². The molecular formula is C26H38N2. The lowest BCUT2D eigenvalue weighted by molar-refractivity contribution is 0.170. The topological polar surface area (TPSA) is 24.1 Å². The van der Waals surface area contributed by atoms with Gasteiger partial charge in [-0.1, -0.05) is 49.7 Å². The van der Waals surface area contributed by atoms with Gasteiger partial charge in [0.15, 0.2) is 0 Å². The summed E-state index contributed by atoms with van der Waals surface area (Å²) in [6.45, 7) is 11.5. The monoisotopic (exact) mass is 378 g/mol. The number of hydrogen-bond acceptors (Lipinski definition) is 2. The van der Waals surface area contributed by atoms with Crippen LogP contribution >= 0.6 is 0 Å². The van der Waals surface area contributed by atoms with E-state index in [1.165, 1.54) is 41.6 Å². The average Bonchev–Trinajstić information content (AvgIpc) is 2.60. The van der Waals surface area contributed by atoms with E-state index in [2.05, 4.69) is 93.8 Å². The van der Waals surface area contributed by atoms with Gasteiger partial charge in [0.1, 0.15) is 0 Å². The van der Waals surface area contributed by atoms with Crippen molar-refractivity contribution in [3.8, 4) is 0 Å². The van der Waals surface area contributed by atoms with Crippen LogP contribution in [0.2, 0.25) is 0 Å². The van der Waals surface area contributed by atoms with Crippen LogP contribution in [0, 0.1) is 0 Å². The Hall–Kier alpha value is -1.80. The summed E-state index contributed by atoms with van der Waals surface area (Å²) in [7, 11) is 0. The fraction of sp³-hybridized carbons (Fsp3) is 0.538. The van der Waals surface area contributed by atoms with Crippen molar-refractivity contribution in [2.45, 2.75) is 90.3 Å². The molecule has 0 aliphatic carbocycles. The van der Waals surface area contributed by atoms with Crippen LogP contribution in [0.3, 0.4) is 0 Å². The highest BCUT2D eigenvalue weighted by Crippen LogP contribution is 2.30. The van der Waals surface area contributed by atoms with E-state index in [4.69, 9.17) is 0 Å². The summed E-state index contributed by atoms with van der Waals surface area (Å²) in [4.78, 5) is 0. The van der Waals surface area contributed by atoms with E-state index in [0.29, 0.717) is 6.04 Å². The SMILES string of the molecule is CCCCc1ccc(Cc2ccc(NC3CC(C)(C)NC(C)(C)C3)cc2)cc1. The predicted molar refractivity (Wildman–Crippen MR) is 122 cm³/mol. The smallest absolute Gasteiger partial charge is 0.0342 e. The maximum atomic E-state index is 3.77. The Balaban J connectivity index is 1.57. The van der Waals surface area contributed by atoms with Crippen molar-refractivity contribution in [2.24, 2.45) is 0 Å². The lowest BCUT2D eigenvalue weighted by Gasteiger charge is -2.47. The van der Waals surface area contributed by atoms with Crippen LogP contribution in [-0.4, -0.2) is 17.1 Å². The van der Waals surface area contributed by atoms with E-state index >= 15 is 0 Å². The molecule has 152 valence electrons. The number of benzene rings is 2. The normalized spacial score (nSPS) is 18.8. The fourth-order valence-electron chi connectivity index (χ4n) is 4.82. The van der Waals surface area contributed by atoms with Crippen molar-refractivity contribution >= 4 is 5.69 Å². The van der Waals surface area contributed by atoms with Gasteiger partial charge in [-0.15, -0.1) is 0 Å². The van der Waals surface area contributed by atoms with Gasteiger partial charge >= 0.3 is 0 Å². The zero-order valence-electron chi connectivity index (χ0n) is 18.4. The van der Waals surface area contributed by atoms with Gasteiger partial charge in [-0.05, 0) is 88.6 Å². The largest absolute Gasteiger partial charge is 0.382 e. The molecule has 0 spiro atoms. The first-order chi connectivity index (χ1) is 13.2. The molecule has 0 saturated carbocycles. The third-order valence-corrected chi connectivity index (χ3v) is 5.77. The molecule has 1 aliphatic heterocycles. The zero-order valence-corrected chi connectivity index (χ0v) is 18.4. The van der Waals surface area contributed by atoms with E-state index in [9.17, 15) is 0 Å². The summed E-state index contributed by atoms with van der Waals surface area (Å²) < 4.78 is 0. The van der Waals surface area contributed by atoms with Crippen molar-refractivity contribution in [2.75, 3.05) is 5.32 Å². The molecule has 2 aromatic rings. The maximum Gasteiger partial charge on any atom is 0.0342 e. The minimum atomic E-state index is 0.169. The summed E-state index contributed by atoms with van der Waals surface area (Å²) in [5.74, 6) is 0. The molecule has 0 unspecified atom stereocenters. The van der Waals surface area contributed by atoms with E-state index < -0.39 is 0 Å². The summed E-state index contributed by atoms with van der Waals surface area (Å²) in [6, 6.07) is 18.7. The molecule has 1 fully saturated rings. The Morgan fingerprint density at radius 2 is 1.32 bits per heavy atom. The molecule has 1 aliphatic rings. The minimum absolute atomic E-state index is 0.169. The molecule has 0 atom stereocenters. The van der Waals surface area contributed by atoms with Crippen molar-refractivity contribution in [3.05, 3.63) is 65.2 Å². The second-order valence-electron chi connectivity index (χ2n) is 9.94. The van der Waals surface area contributed by atoms with Crippen molar-refractivity contribution in [1.82, 2.24) is 5.32 Å². The molecule has 2 heteroatoms. The maximum absolute atomic E-state index is 3.77. The van der Waals surface area contributed by atoms with Gasteiger partial charge in [0, 0.05) is 22.8 Å². The Labute approximate surface area is 172 Å². The Kier molecular flexibility index (Phi) is 6.50. The molecule has 2 N–H and O–H groups in total. The fourth-order valence-corrected chi connectivity index (χ4v) is 4.82. The Morgan fingerprint density at radius 1 is 0.821 bits per heavy atom. The number of anilines is 1. The Morgan fingerprint density at radius 3 is 1.86 bits per heavy atom. The number of hydrogen-bond donors (Lipinski definition) is 2. The average molecular weight is 379 g/mol. The van der Waals surface area contributed by atoms with Gasteiger partial charge in [0.2, 0.25) is 0 Å². The van der Waals surface area contributed by atoms with E-state index in [1.807, 2.05) is 0 Å². The van der Waals surface area contributed by atoms with Gasteiger partial charge in [-0.2, -0.15) is 0 Å². The second-order valence-corrected chi connectivity index (χ2v) is 9.94. The number of unbranched alkanes of at least 4 members (excludes halogenated alkanes) is 1. The van der Waals surface area contributed by atoms with Crippen LogP contribution in [0.15, 0.2) is 48.5 Å². The molecule has 1 heterocycles. The zero-order chi connectivity index (χ0) is 20.2. The third-order valence-electron chi connectivity index (χ3n) is 5.77. The van der Waals surface area contributed by atoms with Gasteiger partial charge in [0.05, 0.1) is 0 Å². The summed E-state index contributed by atoms with van der Waals surface area (Å²) in [5, 5.41) is 7.53. The van der Waals surface area contributed by atoms with Crippen molar-refractivity contribution in [1.29, 1.82) is 0 Å². The highest BCUT2D eigenvalue weighted by atomic mass is 15.1. The summed E-state index contributed by atoms with van der Waals surface area (Å²) in [6.07, 6.45) is 7.02. The standard InChI is InChI=1S/C26H38N2/c1-6-7-8-20-9-11-21(12-10-20)17-22-13-15-23(16-14-22)27-24-18-25(2,3)28-26(4,5)19-24/h9-16,24,27-28H,6-8,17-19H2,1-5H3. The van der Waals surface area contributed by atoms with E-state index in [1.54, 1.807) is 0 Å². The summed E-state index contributed by atoms with van der Waals surface area (Å²) in [5.41, 5.74) is 5.79. The molecule has 2 aromatic carbocycles. The molecule has 0 bridgehead atoms. The number of piperidine rings is 1. The molecule has 2 nitrogen and oxygen atoms in total. The van der Waals surface area contributed by atoms with Crippen LogP contribution in [0.4, 0.5) is 5.69 Å². The number of aryl methyl sites for hydroxylation is 1. The van der Waals surface area contributed by atoms with Crippen LogP contribution in [0.25, 0.3) is 0 Å². The van der Waals surface area contributed by atoms with Crippen LogP contribution < -0.4 is 10.6 Å². The Bertz CT molecular complexity index is 725. The highest BCUT2D eigenvalue weighted by molar-refractivity contribution is 5.46. The van der Waals surface area contributed by atoms with Gasteiger partial charge in [-0.3, -0.25) is 0 Å². The molecule has 0 amide bonds. The first kappa shape index (κ1) is 20.9. The first-order valence-corrected chi connectivity index (χ1v) is 11.0. The number of rotatable bonds is 7. The van der Waals surface area contributed by atoms with Crippen molar-refractivity contribution in [3.63, 3.8) is 0 Å². The molecule has 3 rings (SSSR count). The molecule has 28 heavy (non-hydrogen) atoms. The molecule has 0 radical (unpaired) electrons. The first-order valence-electron chi connectivity index (χ1n) is 11.0. The molecule has 0 aromatic heterocycles. The van der Waals surface area contributed by atoms with Crippen LogP contribution in [0.5, 0.6) is 0 Å². The van der Waals surface area contributed by atoms with Gasteiger partial charge < -0.3 is 10.6 Å². The van der Waals surface area contributed by atoms with E-state index in [-0.39, 0.29) is 11.1 Å². The predicted octanol–water partition coefficient (Wildman–Crippen LogP) is 6.34. The summed E-state index contributed by atoms with van der Waals surface area (Å²) >= 11 is 0. The second kappa shape index (κ2) is 8.69. The lowest BCUT2D eigenvalue weighted by Crippen LogP contribution is -2.60. The van der Waals surface area contributed by atoms with E-state index in [0.717, 1.165) is 19.3 Å². The van der Waals surface area contributed by atoms with Gasteiger partial charge in [-0.25, -0.2) is 0 Å². The molecule has 1 saturated heterocycles. The minimum Gasteiger partial charge on any atom is -0.382 e.